The van der Waals surface area contributed by atoms with E-state index in [2.05, 4.69) is 17.9 Å². The molecule has 0 heterocycles. The highest BCUT2D eigenvalue weighted by Crippen LogP contribution is 2.18. The van der Waals surface area contributed by atoms with Crippen molar-refractivity contribution in [2.45, 2.75) is 13.5 Å². The number of ether oxygens (including phenoxy) is 1. The van der Waals surface area contributed by atoms with E-state index < -0.39 is 0 Å². The van der Waals surface area contributed by atoms with Gasteiger partial charge in [0.15, 0.2) is 0 Å². The van der Waals surface area contributed by atoms with Gasteiger partial charge in [-0.25, -0.2) is 0 Å². The van der Waals surface area contributed by atoms with Crippen molar-refractivity contribution in [2.24, 2.45) is 5.73 Å². The SMILES string of the molecule is Cc1cc(OCc2cccc(C#N)c2)ccc1C#CCN. The fourth-order valence-corrected chi connectivity index (χ4v) is 1.91. The number of aryl methyl sites for hydroxylation is 1. The molecule has 0 radical (unpaired) electrons. The van der Waals surface area contributed by atoms with E-state index in [1.165, 1.54) is 0 Å². The Morgan fingerprint density at radius 3 is 2.76 bits per heavy atom. The number of nitrogens with two attached hydrogens (primary N) is 1. The van der Waals surface area contributed by atoms with Crippen molar-refractivity contribution < 1.29 is 4.74 Å². The molecule has 3 heteroatoms. The van der Waals surface area contributed by atoms with Crippen LogP contribution in [-0.2, 0) is 6.61 Å². The molecule has 0 saturated carbocycles. The lowest BCUT2D eigenvalue weighted by molar-refractivity contribution is 0.306. The summed E-state index contributed by atoms with van der Waals surface area (Å²) in [5.74, 6) is 6.65. The minimum absolute atomic E-state index is 0.354. The van der Waals surface area contributed by atoms with Crippen LogP contribution < -0.4 is 10.5 Å². The highest BCUT2D eigenvalue weighted by atomic mass is 16.5. The number of nitrogens with zero attached hydrogens (tertiary/aromatic N) is 1. The Morgan fingerprint density at radius 1 is 1.19 bits per heavy atom. The number of hydrogen-bond acceptors (Lipinski definition) is 3. The predicted octanol–water partition coefficient (Wildman–Crippen LogP) is 2.76. The van der Waals surface area contributed by atoms with Gasteiger partial charge in [0.2, 0.25) is 0 Å². The Balaban J connectivity index is 2.07. The Morgan fingerprint density at radius 2 is 2.05 bits per heavy atom. The molecule has 21 heavy (non-hydrogen) atoms. The third kappa shape index (κ3) is 4.11. The maximum absolute atomic E-state index is 8.87. The van der Waals surface area contributed by atoms with E-state index in [1.807, 2.05) is 43.3 Å². The Bertz CT molecular complexity index is 733. The Kier molecular flexibility index (Phi) is 4.99. The molecular formula is C18H16N2O. The van der Waals surface area contributed by atoms with Crippen molar-refractivity contribution in [1.82, 2.24) is 0 Å². The summed E-state index contributed by atoms with van der Waals surface area (Å²) in [6.45, 7) is 2.78. The summed E-state index contributed by atoms with van der Waals surface area (Å²) in [4.78, 5) is 0. The summed E-state index contributed by atoms with van der Waals surface area (Å²) >= 11 is 0. The molecule has 0 unspecified atom stereocenters. The van der Waals surface area contributed by atoms with Crippen molar-refractivity contribution >= 4 is 0 Å². The van der Waals surface area contributed by atoms with Crippen LogP contribution in [0.2, 0.25) is 0 Å². The lowest BCUT2D eigenvalue weighted by Crippen LogP contribution is -1.97. The summed E-state index contributed by atoms with van der Waals surface area (Å²) in [5, 5.41) is 8.87. The predicted molar refractivity (Wildman–Crippen MR) is 82.6 cm³/mol. The molecule has 2 rings (SSSR count). The topological polar surface area (TPSA) is 59.0 Å². The average molecular weight is 276 g/mol. The fourth-order valence-electron chi connectivity index (χ4n) is 1.91. The summed E-state index contributed by atoms with van der Waals surface area (Å²) in [5.41, 5.74) is 8.99. The molecule has 0 aromatic heterocycles. The molecule has 0 aliphatic carbocycles. The van der Waals surface area contributed by atoms with Crippen molar-refractivity contribution in [1.29, 1.82) is 5.26 Å². The first-order valence-corrected chi connectivity index (χ1v) is 6.64. The average Bonchev–Trinajstić information content (AvgIpc) is 2.52. The highest BCUT2D eigenvalue weighted by molar-refractivity contribution is 5.45. The quantitative estimate of drug-likeness (QED) is 0.877. The molecule has 0 fully saturated rings. The minimum Gasteiger partial charge on any atom is -0.489 e. The molecule has 2 aromatic rings. The van der Waals surface area contributed by atoms with Crippen molar-refractivity contribution in [3.63, 3.8) is 0 Å². The van der Waals surface area contributed by atoms with Gasteiger partial charge >= 0.3 is 0 Å². The molecule has 3 nitrogen and oxygen atoms in total. The molecule has 0 spiro atoms. The third-order valence-corrected chi connectivity index (χ3v) is 2.98. The van der Waals surface area contributed by atoms with Crippen molar-refractivity contribution in [3.05, 3.63) is 64.7 Å². The van der Waals surface area contributed by atoms with Gasteiger partial charge in [-0.15, -0.1) is 0 Å². The van der Waals surface area contributed by atoms with Gasteiger partial charge < -0.3 is 10.5 Å². The maximum Gasteiger partial charge on any atom is 0.120 e. The molecule has 0 aliphatic rings. The van der Waals surface area contributed by atoms with Crippen LogP contribution in [0.4, 0.5) is 0 Å². The smallest absolute Gasteiger partial charge is 0.120 e. The van der Waals surface area contributed by atoms with Gasteiger partial charge in [0.1, 0.15) is 12.4 Å². The molecule has 2 aromatic carbocycles. The van der Waals surface area contributed by atoms with Crippen LogP contribution in [0.3, 0.4) is 0 Å². The number of benzene rings is 2. The van der Waals surface area contributed by atoms with Gasteiger partial charge in [-0.1, -0.05) is 24.0 Å². The van der Waals surface area contributed by atoms with Crippen LogP contribution in [0.1, 0.15) is 22.3 Å². The second kappa shape index (κ2) is 7.14. The number of rotatable bonds is 3. The Hall–Kier alpha value is -2.75. The largest absolute Gasteiger partial charge is 0.489 e. The van der Waals surface area contributed by atoms with E-state index in [0.29, 0.717) is 18.7 Å². The van der Waals surface area contributed by atoms with Crippen LogP contribution in [0.25, 0.3) is 0 Å². The fraction of sp³-hybridized carbons (Fsp3) is 0.167. The molecular weight excluding hydrogens is 260 g/mol. The molecule has 104 valence electrons. The minimum atomic E-state index is 0.354. The maximum atomic E-state index is 8.87. The van der Waals surface area contributed by atoms with E-state index in [0.717, 1.165) is 22.4 Å². The molecule has 0 amide bonds. The van der Waals surface area contributed by atoms with Gasteiger partial charge in [-0.2, -0.15) is 5.26 Å². The lowest BCUT2D eigenvalue weighted by Gasteiger charge is -2.08. The molecule has 0 atom stereocenters. The van der Waals surface area contributed by atoms with Gasteiger partial charge in [0.05, 0.1) is 18.2 Å². The zero-order chi connectivity index (χ0) is 15.1. The van der Waals surface area contributed by atoms with Gasteiger partial charge in [0, 0.05) is 5.56 Å². The summed E-state index contributed by atoms with van der Waals surface area (Å²) < 4.78 is 5.75. The van der Waals surface area contributed by atoms with Crippen LogP contribution in [0.5, 0.6) is 5.75 Å². The van der Waals surface area contributed by atoms with Crippen LogP contribution in [0.15, 0.2) is 42.5 Å². The monoisotopic (exact) mass is 276 g/mol. The third-order valence-electron chi connectivity index (χ3n) is 2.98. The zero-order valence-corrected chi connectivity index (χ0v) is 11.9. The van der Waals surface area contributed by atoms with E-state index in [1.54, 1.807) is 6.07 Å². The number of hydrogen-bond donors (Lipinski definition) is 1. The molecule has 0 aliphatic heterocycles. The van der Waals surface area contributed by atoms with E-state index in [9.17, 15) is 0 Å². The van der Waals surface area contributed by atoms with Crippen molar-refractivity contribution in [3.8, 4) is 23.7 Å². The molecule has 0 saturated heterocycles. The highest BCUT2D eigenvalue weighted by Gasteiger charge is 2.01. The first-order valence-electron chi connectivity index (χ1n) is 6.64. The summed E-state index contributed by atoms with van der Waals surface area (Å²) in [6, 6.07) is 15.3. The first kappa shape index (κ1) is 14.7. The Labute approximate surface area is 125 Å². The second-order valence-electron chi connectivity index (χ2n) is 4.58. The van der Waals surface area contributed by atoms with Crippen LogP contribution in [0, 0.1) is 30.1 Å². The zero-order valence-electron chi connectivity index (χ0n) is 11.9. The lowest BCUT2D eigenvalue weighted by atomic mass is 10.1. The summed E-state index contributed by atoms with van der Waals surface area (Å²) in [7, 11) is 0. The van der Waals surface area contributed by atoms with Crippen LogP contribution >= 0.6 is 0 Å². The van der Waals surface area contributed by atoms with E-state index in [-0.39, 0.29) is 0 Å². The van der Waals surface area contributed by atoms with Gasteiger partial charge in [0.25, 0.3) is 0 Å². The van der Waals surface area contributed by atoms with Crippen LogP contribution in [-0.4, -0.2) is 6.54 Å². The summed E-state index contributed by atoms with van der Waals surface area (Å²) in [6.07, 6.45) is 0. The van der Waals surface area contributed by atoms with E-state index >= 15 is 0 Å². The first-order chi connectivity index (χ1) is 10.2. The number of nitriles is 1. The van der Waals surface area contributed by atoms with Gasteiger partial charge in [-0.05, 0) is 48.4 Å². The second-order valence-corrected chi connectivity index (χ2v) is 4.58. The van der Waals surface area contributed by atoms with Crippen molar-refractivity contribution in [2.75, 3.05) is 6.54 Å². The normalized spacial score (nSPS) is 9.38. The van der Waals surface area contributed by atoms with Gasteiger partial charge in [-0.3, -0.25) is 0 Å². The molecule has 2 N–H and O–H groups in total. The van der Waals surface area contributed by atoms with E-state index in [4.69, 9.17) is 15.7 Å². The standard InChI is InChI=1S/C18H16N2O/c1-14-10-18(8-7-17(14)6-3-9-19)21-13-16-5-2-4-15(11-16)12-20/h2,4-5,7-8,10-11H,9,13,19H2,1H3. The molecule has 0 bridgehead atoms.